The number of thiazole rings is 1. The zero-order valence-electron chi connectivity index (χ0n) is 12.3. The van der Waals surface area contributed by atoms with Crippen LogP contribution in [0.5, 0.6) is 5.75 Å². The highest BCUT2D eigenvalue weighted by atomic mass is 35.5. The third kappa shape index (κ3) is 2.94. The van der Waals surface area contributed by atoms with Gasteiger partial charge in [-0.3, -0.25) is 4.79 Å². The third-order valence-corrected chi connectivity index (χ3v) is 5.26. The molecule has 4 rings (SSSR count). The van der Waals surface area contributed by atoms with Crippen LogP contribution in [0.25, 0.3) is 0 Å². The minimum Gasteiger partial charge on any atom is -0.491 e. The minimum absolute atomic E-state index is 0.0281. The molecule has 2 aromatic rings. The molecule has 5 nitrogen and oxygen atoms in total. The Morgan fingerprint density at radius 1 is 1.39 bits per heavy atom. The molecule has 0 saturated carbocycles. The highest BCUT2D eigenvalue weighted by molar-refractivity contribution is 7.13. The van der Waals surface area contributed by atoms with E-state index >= 15 is 0 Å². The summed E-state index contributed by atoms with van der Waals surface area (Å²) in [6, 6.07) is 3.59. The zero-order chi connectivity index (χ0) is 15.8. The Balaban J connectivity index is 1.54. The summed E-state index contributed by atoms with van der Waals surface area (Å²) in [6.07, 6.45) is 4.44. The van der Waals surface area contributed by atoms with E-state index in [4.69, 9.17) is 21.1 Å². The molecule has 1 N–H and O–H groups in total. The summed E-state index contributed by atoms with van der Waals surface area (Å²) in [5.74, 6) is 0.512. The Morgan fingerprint density at radius 2 is 2.30 bits per heavy atom. The highest BCUT2D eigenvalue weighted by Gasteiger charge is 2.24. The topological polar surface area (TPSA) is 60.5 Å². The maximum absolute atomic E-state index is 12.5. The smallest absolute Gasteiger partial charge is 0.267 e. The van der Waals surface area contributed by atoms with Gasteiger partial charge in [0, 0.05) is 23.6 Å². The van der Waals surface area contributed by atoms with Gasteiger partial charge in [-0.1, -0.05) is 11.6 Å². The first-order chi connectivity index (χ1) is 11.2. The van der Waals surface area contributed by atoms with Crippen LogP contribution in [0.15, 0.2) is 18.3 Å². The standard InChI is InChI=1S/C16H15ClN2O3S/c17-10-6-9-3-5-22-14(9)11(7-10)19-15(20)13-8-18-16(23-13)12-2-1-4-21-12/h6-8,12H,1-5H2,(H,19,20). The molecule has 0 spiro atoms. The van der Waals surface area contributed by atoms with Crippen LogP contribution in [0.4, 0.5) is 5.69 Å². The van der Waals surface area contributed by atoms with Crippen LogP contribution in [0.3, 0.4) is 0 Å². The van der Waals surface area contributed by atoms with Gasteiger partial charge >= 0.3 is 0 Å². The number of aromatic nitrogens is 1. The quantitative estimate of drug-likeness (QED) is 0.913. The van der Waals surface area contributed by atoms with Gasteiger partial charge < -0.3 is 14.8 Å². The number of benzene rings is 1. The Hall–Kier alpha value is -1.63. The number of halogens is 1. The molecule has 120 valence electrons. The average Bonchev–Trinajstić information content (AvgIpc) is 3.27. The maximum atomic E-state index is 12.5. The van der Waals surface area contributed by atoms with Gasteiger partial charge in [-0.25, -0.2) is 4.98 Å². The van der Waals surface area contributed by atoms with Crippen LogP contribution in [-0.4, -0.2) is 24.1 Å². The third-order valence-electron chi connectivity index (χ3n) is 3.95. The van der Waals surface area contributed by atoms with Crippen LogP contribution >= 0.6 is 22.9 Å². The minimum atomic E-state index is -0.202. The number of amides is 1. The number of anilines is 1. The lowest BCUT2D eigenvalue weighted by Crippen LogP contribution is -2.11. The molecule has 2 aliphatic heterocycles. The normalized spacial score (nSPS) is 19.4. The Bertz CT molecular complexity index is 756. The van der Waals surface area contributed by atoms with Crippen molar-refractivity contribution < 1.29 is 14.3 Å². The SMILES string of the molecule is O=C(Nc1cc(Cl)cc2c1OCC2)c1cnc(C2CCCO2)s1. The number of rotatable bonds is 3. The molecule has 2 aliphatic rings. The molecule has 23 heavy (non-hydrogen) atoms. The summed E-state index contributed by atoms with van der Waals surface area (Å²) >= 11 is 7.49. The number of carbonyl (C=O) groups excluding carboxylic acids is 1. The van der Waals surface area contributed by atoms with Crippen molar-refractivity contribution in [3.8, 4) is 5.75 Å². The lowest BCUT2D eigenvalue weighted by molar-refractivity contribution is 0.103. The highest BCUT2D eigenvalue weighted by Crippen LogP contribution is 2.37. The first-order valence-electron chi connectivity index (χ1n) is 7.54. The van der Waals surface area contributed by atoms with Crippen molar-refractivity contribution in [2.75, 3.05) is 18.5 Å². The molecule has 0 aliphatic carbocycles. The van der Waals surface area contributed by atoms with Gasteiger partial charge in [0.05, 0.1) is 18.5 Å². The Kier molecular flexibility index (Phi) is 3.97. The van der Waals surface area contributed by atoms with Crippen molar-refractivity contribution in [1.82, 2.24) is 4.98 Å². The molecule has 0 radical (unpaired) electrons. The van der Waals surface area contributed by atoms with Crippen LogP contribution < -0.4 is 10.1 Å². The predicted octanol–water partition coefficient (Wildman–Crippen LogP) is 3.84. The molecule has 1 aromatic heterocycles. The van der Waals surface area contributed by atoms with Gasteiger partial charge in [-0.15, -0.1) is 11.3 Å². The average molecular weight is 351 g/mol. The summed E-state index contributed by atoms with van der Waals surface area (Å²) in [6.45, 7) is 1.38. The fourth-order valence-electron chi connectivity index (χ4n) is 2.86. The van der Waals surface area contributed by atoms with Gasteiger partial charge in [0.15, 0.2) is 0 Å². The van der Waals surface area contributed by atoms with E-state index in [1.807, 2.05) is 6.07 Å². The summed E-state index contributed by atoms with van der Waals surface area (Å²) in [5.41, 5.74) is 1.64. The maximum Gasteiger partial charge on any atom is 0.267 e. The van der Waals surface area contributed by atoms with Crippen LogP contribution in [0.2, 0.25) is 5.02 Å². The number of nitrogens with zero attached hydrogens (tertiary/aromatic N) is 1. The zero-order valence-corrected chi connectivity index (χ0v) is 13.9. The van der Waals surface area contributed by atoms with Gasteiger partial charge in [0.1, 0.15) is 21.7 Å². The van der Waals surface area contributed by atoms with E-state index in [0.717, 1.165) is 36.4 Å². The van der Waals surface area contributed by atoms with Crippen molar-refractivity contribution in [1.29, 1.82) is 0 Å². The monoisotopic (exact) mass is 350 g/mol. The molecule has 1 aromatic carbocycles. The number of ether oxygens (including phenoxy) is 2. The molecule has 3 heterocycles. The van der Waals surface area contributed by atoms with Crippen LogP contribution in [0, 0.1) is 0 Å². The van der Waals surface area contributed by atoms with Crippen LogP contribution in [0.1, 0.15) is 39.2 Å². The van der Waals surface area contributed by atoms with E-state index < -0.39 is 0 Å². The predicted molar refractivity (Wildman–Crippen MR) is 88.6 cm³/mol. The molecule has 1 saturated heterocycles. The molecule has 1 atom stereocenters. The van der Waals surface area contributed by atoms with Gasteiger partial charge in [0.2, 0.25) is 0 Å². The van der Waals surface area contributed by atoms with Crippen molar-refractivity contribution in [3.05, 3.63) is 38.8 Å². The molecular formula is C16H15ClN2O3S. The first kappa shape index (κ1) is 14.9. The van der Waals surface area contributed by atoms with E-state index in [0.29, 0.717) is 27.9 Å². The van der Waals surface area contributed by atoms with Crippen molar-refractivity contribution in [3.63, 3.8) is 0 Å². The number of fused-ring (bicyclic) bond motifs is 1. The Labute approximate surface area is 142 Å². The van der Waals surface area contributed by atoms with Crippen molar-refractivity contribution >= 4 is 34.5 Å². The molecule has 7 heteroatoms. The van der Waals surface area contributed by atoms with Crippen LogP contribution in [-0.2, 0) is 11.2 Å². The van der Waals surface area contributed by atoms with E-state index in [9.17, 15) is 4.79 Å². The first-order valence-corrected chi connectivity index (χ1v) is 8.74. The summed E-state index contributed by atoms with van der Waals surface area (Å²) in [4.78, 5) is 17.4. The molecule has 0 bridgehead atoms. The van der Waals surface area contributed by atoms with E-state index in [-0.39, 0.29) is 12.0 Å². The number of nitrogens with one attached hydrogen (secondary N) is 1. The second-order valence-corrected chi connectivity index (χ2v) is 7.06. The number of hydrogen-bond acceptors (Lipinski definition) is 5. The second-order valence-electron chi connectivity index (χ2n) is 5.56. The summed E-state index contributed by atoms with van der Waals surface area (Å²) < 4.78 is 11.2. The fraction of sp³-hybridized carbons (Fsp3) is 0.375. The van der Waals surface area contributed by atoms with Crippen molar-refractivity contribution in [2.24, 2.45) is 0 Å². The van der Waals surface area contributed by atoms with E-state index in [1.54, 1.807) is 12.3 Å². The summed E-state index contributed by atoms with van der Waals surface area (Å²) in [5, 5.41) is 4.34. The van der Waals surface area contributed by atoms with Crippen molar-refractivity contribution in [2.45, 2.75) is 25.4 Å². The molecule has 1 fully saturated rings. The van der Waals surface area contributed by atoms with Gasteiger partial charge in [0.25, 0.3) is 5.91 Å². The lowest BCUT2D eigenvalue weighted by Gasteiger charge is -2.09. The molecule has 1 unspecified atom stereocenters. The van der Waals surface area contributed by atoms with Gasteiger partial charge in [-0.2, -0.15) is 0 Å². The van der Waals surface area contributed by atoms with E-state index in [1.165, 1.54) is 11.3 Å². The molecular weight excluding hydrogens is 336 g/mol. The second kappa shape index (κ2) is 6.11. The summed E-state index contributed by atoms with van der Waals surface area (Å²) in [7, 11) is 0. The lowest BCUT2D eigenvalue weighted by atomic mass is 10.1. The van der Waals surface area contributed by atoms with Gasteiger partial charge in [-0.05, 0) is 25.0 Å². The van der Waals surface area contributed by atoms with E-state index in [2.05, 4.69) is 10.3 Å². The fourth-order valence-corrected chi connectivity index (χ4v) is 4.00. The molecule has 1 amide bonds. The Morgan fingerprint density at radius 3 is 3.13 bits per heavy atom. The largest absolute Gasteiger partial charge is 0.491 e. The number of carbonyl (C=O) groups is 1. The number of hydrogen-bond donors (Lipinski definition) is 1.